The van der Waals surface area contributed by atoms with Gasteiger partial charge >= 0.3 is 0 Å². The Hall–Kier alpha value is -0.520. The van der Waals surface area contributed by atoms with Gasteiger partial charge in [-0.1, -0.05) is 0 Å². The van der Waals surface area contributed by atoms with E-state index < -0.39 is 0 Å². The van der Waals surface area contributed by atoms with Crippen molar-refractivity contribution >= 4 is 0 Å². The lowest BCUT2D eigenvalue weighted by atomic mass is 10.2. The third-order valence-corrected chi connectivity index (χ3v) is 7.38. The summed E-state index contributed by atoms with van der Waals surface area (Å²) in [6.07, 6.45) is 2.32. The number of unbranched alkanes of at least 4 members (excludes halogenated alkanes) is 1. The summed E-state index contributed by atoms with van der Waals surface area (Å²) in [7, 11) is 2.15. The fourth-order valence-electron chi connectivity index (χ4n) is 4.94. The lowest BCUT2D eigenvalue weighted by molar-refractivity contribution is 0.169. The van der Waals surface area contributed by atoms with Crippen LogP contribution in [0.2, 0.25) is 0 Å². The summed E-state index contributed by atoms with van der Waals surface area (Å²) in [5, 5.41) is 0. The minimum Gasteiger partial charge on any atom is -0.329 e. The zero-order valence-electron chi connectivity index (χ0n) is 26.1. The molecule has 0 aromatic heterocycles. The molecule has 40 heavy (non-hydrogen) atoms. The van der Waals surface area contributed by atoms with Crippen molar-refractivity contribution in [2.24, 2.45) is 40.1 Å². The molecule has 0 aliphatic heterocycles. The van der Waals surface area contributed by atoms with Gasteiger partial charge in [-0.3, -0.25) is 14.7 Å². The van der Waals surface area contributed by atoms with Gasteiger partial charge in [-0.05, 0) is 33.0 Å². The van der Waals surface area contributed by atoms with Crippen LogP contribution in [-0.2, 0) is 0 Å². The van der Waals surface area contributed by atoms with E-state index in [1.165, 1.54) is 0 Å². The van der Waals surface area contributed by atoms with E-state index in [4.69, 9.17) is 40.1 Å². The molecule has 0 amide bonds. The fraction of sp³-hybridized carbons (Fsp3) is 1.00. The second-order valence-electron chi connectivity index (χ2n) is 10.7. The van der Waals surface area contributed by atoms with E-state index in [0.717, 1.165) is 124 Å². The second-order valence-corrected chi connectivity index (χ2v) is 10.7. The Morgan fingerprint density at radius 3 is 0.750 bits per heavy atom. The fourth-order valence-corrected chi connectivity index (χ4v) is 4.94. The summed E-state index contributed by atoms with van der Waals surface area (Å²) in [4.78, 5) is 14.6. The molecule has 0 atom stereocenters. The first-order chi connectivity index (χ1) is 19.5. The number of hydrogen-bond donors (Lipinski definition) is 7. The predicted molar refractivity (Wildman–Crippen MR) is 172 cm³/mol. The van der Waals surface area contributed by atoms with Gasteiger partial charge in [-0.2, -0.15) is 0 Å². The quantitative estimate of drug-likeness (QED) is 0.0394. The van der Waals surface area contributed by atoms with Crippen LogP contribution in [0.3, 0.4) is 0 Å². The molecule has 0 aromatic carbocycles. The third kappa shape index (κ3) is 22.1. The van der Waals surface area contributed by atoms with Crippen LogP contribution >= 0.6 is 0 Å². The van der Waals surface area contributed by atoms with Crippen molar-refractivity contribution in [2.45, 2.75) is 12.8 Å². The largest absolute Gasteiger partial charge is 0.329 e. The first-order valence-corrected chi connectivity index (χ1v) is 15.7. The molecule has 0 aromatic rings. The summed E-state index contributed by atoms with van der Waals surface area (Å²) in [5.41, 5.74) is 40.8. The van der Waals surface area contributed by atoms with Gasteiger partial charge in [0.15, 0.2) is 0 Å². The van der Waals surface area contributed by atoms with Gasteiger partial charge in [0.2, 0.25) is 0 Å². The molecule has 0 saturated carbocycles. The molecule has 0 aliphatic carbocycles. The van der Waals surface area contributed by atoms with Gasteiger partial charge in [0, 0.05) is 144 Å². The number of nitrogens with zero attached hydrogens (tertiary/aromatic N) is 6. The third-order valence-electron chi connectivity index (χ3n) is 7.38. The Morgan fingerprint density at radius 1 is 0.275 bits per heavy atom. The summed E-state index contributed by atoms with van der Waals surface area (Å²) >= 11 is 0. The molecule has 14 N–H and O–H groups in total. The topological polar surface area (TPSA) is 202 Å². The van der Waals surface area contributed by atoms with Crippen LogP contribution < -0.4 is 40.1 Å². The highest BCUT2D eigenvalue weighted by Crippen LogP contribution is 2.03. The highest BCUT2D eigenvalue weighted by atomic mass is 15.2. The van der Waals surface area contributed by atoms with E-state index in [2.05, 4.69) is 36.4 Å². The normalized spacial score (nSPS) is 12.4. The van der Waals surface area contributed by atoms with E-state index in [1.807, 2.05) is 0 Å². The van der Waals surface area contributed by atoms with E-state index >= 15 is 0 Å². The van der Waals surface area contributed by atoms with Crippen LogP contribution in [0.5, 0.6) is 0 Å². The molecule has 13 heteroatoms. The van der Waals surface area contributed by atoms with Crippen LogP contribution in [0.25, 0.3) is 0 Å². The molecule has 0 unspecified atom stereocenters. The molecule has 0 saturated heterocycles. The Kier molecular flexibility index (Phi) is 28.2. The molecular formula is C27H69N13. The van der Waals surface area contributed by atoms with Crippen molar-refractivity contribution in [3.8, 4) is 0 Å². The Morgan fingerprint density at radius 2 is 0.500 bits per heavy atom. The molecule has 242 valence electrons. The second kappa shape index (κ2) is 28.6. The molecule has 0 fully saturated rings. The van der Waals surface area contributed by atoms with Crippen LogP contribution in [0.4, 0.5) is 0 Å². The summed E-state index contributed by atoms with van der Waals surface area (Å²) in [6, 6.07) is 0. The monoisotopic (exact) mass is 576 g/mol. The first kappa shape index (κ1) is 39.5. The van der Waals surface area contributed by atoms with Gasteiger partial charge in [0.25, 0.3) is 0 Å². The van der Waals surface area contributed by atoms with Gasteiger partial charge in [0.05, 0.1) is 0 Å². The summed E-state index contributed by atoms with van der Waals surface area (Å²) < 4.78 is 0. The number of rotatable bonds is 31. The Balaban J connectivity index is 5.02. The maximum absolute atomic E-state index is 5.84. The van der Waals surface area contributed by atoms with Crippen molar-refractivity contribution in [3.05, 3.63) is 0 Å². The first-order valence-electron chi connectivity index (χ1n) is 15.7. The van der Waals surface area contributed by atoms with Crippen molar-refractivity contribution in [2.75, 3.05) is 164 Å². The number of hydrogen-bond acceptors (Lipinski definition) is 13. The minimum absolute atomic E-state index is 0.658. The van der Waals surface area contributed by atoms with E-state index in [-0.39, 0.29) is 0 Å². The molecule has 0 heterocycles. The molecule has 0 spiro atoms. The summed E-state index contributed by atoms with van der Waals surface area (Å²) in [5.74, 6) is 0. The molecule has 0 bridgehead atoms. The zero-order valence-corrected chi connectivity index (χ0v) is 26.1. The van der Waals surface area contributed by atoms with E-state index in [9.17, 15) is 0 Å². The van der Waals surface area contributed by atoms with Gasteiger partial charge in [-0.15, -0.1) is 0 Å². The zero-order chi connectivity index (χ0) is 29.8. The smallest absolute Gasteiger partial charge is 0.0110 e. The van der Waals surface area contributed by atoms with E-state index in [1.54, 1.807) is 0 Å². The standard InChI is InChI=1S/C27H69N13/c1-35(13-4-28)20-21-36(22-25-38(14-5-29)15-6-30)11-2-3-12-37(23-26-39(16-7-31)17-8-32)24-27-40(18-9-33)19-10-34/h2-34H2,1H3. The predicted octanol–water partition coefficient (Wildman–Crippen LogP) is -4.08. The van der Waals surface area contributed by atoms with Crippen LogP contribution in [-0.4, -0.2) is 194 Å². The van der Waals surface area contributed by atoms with Gasteiger partial charge in [-0.25, -0.2) is 0 Å². The average molecular weight is 576 g/mol. The van der Waals surface area contributed by atoms with Crippen molar-refractivity contribution in [3.63, 3.8) is 0 Å². The maximum Gasteiger partial charge on any atom is 0.0110 e. The lowest BCUT2D eigenvalue weighted by Gasteiger charge is -2.31. The lowest BCUT2D eigenvalue weighted by Crippen LogP contribution is -2.44. The van der Waals surface area contributed by atoms with Crippen molar-refractivity contribution in [1.29, 1.82) is 0 Å². The average Bonchev–Trinajstić information content (AvgIpc) is 2.93. The molecule has 13 nitrogen and oxygen atoms in total. The Labute approximate surface area is 246 Å². The van der Waals surface area contributed by atoms with E-state index in [0.29, 0.717) is 45.8 Å². The van der Waals surface area contributed by atoms with Crippen LogP contribution in [0.15, 0.2) is 0 Å². The van der Waals surface area contributed by atoms with Crippen LogP contribution in [0.1, 0.15) is 12.8 Å². The van der Waals surface area contributed by atoms with Crippen molar-refractivity contribution in [1.82, 2.24) is 29.4 Å². The number of nitrogens with two attached hydrogens (primary N) is 7. The van der Waals surface area contributed by atoms with Crippen LogP contribution in [0, 0.1) is 0 Å². The molecule has 0 rings (SSSR count). The highest BCUT2D eigenvalue weighted by Gasteiger charge is 2.13. The number of likely N-dealkylation sites (N-methyl/N-ethyl adjacent to an activating group) is 1. The van der Waals surface area contributed by atoms with Gasteiger partial charge in [0.1, 0.15) is 0 Å². The minimum atomic E-state index is 0.658. The molecule has 0 aliphatic rings. The SMILES string of the molecule is CN(CCN)CCN(CCCCN(CCN(CCN)CCN)CCN(CCN)CCN)CCN(CCN)CCN. The highest BCUT2D eigenvalue weighted by molar-refractivity contribution is 4.70. The Bertz CT molecular complexity index is 479. The molecule has 0 radical (unpaired) electrons. The van der Waals surface area contributed by atoms with Crippen molar-refractivity contribution < 1.29 is 0 Å². The summed E-state index contributed by atoms with van der Waals surface area (Å²) in [6.45, 7) is 21.1. The van der Waals surface area contributed by atoms with Gasteiger partial charge < -0.3 is 54.8 Å². The maximum atomic E-state index is 5.84. The molecular weight excluding hydrogens is 506 g/mol.